The van der Waals surface area contributed by atoms with E-state index in [9.17, 15) is 0 Å². The number of fused-ring (bicyclic) bond motifs is 2. The molecule has 0 aliphatic rings. The van der Waals surface area contributed by atoms with Crippen molar-refractivity contribution < 1.29 is 9.47 Å². The Morgan fingerprint density at radius 3 is 1.63 bits per heavy atom. The molecule has 0 aliphatic heterocycles. The van der Waals surface area contributed by atoms with Gasteiger partial charge in [0, 0.05) is 23.9 Å². The van der Waals surface area contributed by atoms with Gasteiger partial charge in [-0.1, -0.05) is 12.1 Å². The third-order valence-corrected chi connectivity index (χ3v) is 4.89. The molecule has 4 N–H and O–H groups in total. The molecular weight excluding hydrogens is 378 g/mol. The Kier molecular flexibility index (Phi) is 5.81. The molecule has 4 rings (SSSR count). The van der Waals surface area contributed by atoms with Crippen LogP contribution in [0.15, 0.2) is 60.7 Å². The monoisotopic (exact) mass is 403 g/mol. The van der Waals surface area contributed by atoms with E-state index in [4.69, 9.17) is 20.9 Å². The van der Waals surface area contributed by atoms with E-state index in [0.29, 0.717) is 24.8 Å². The topological polar surface area (TPSA) is 99.5 Å². The van der Waals surface area contributed by atoms with Gasteiger partial charge in [0.2, 0.25) is 0 Å². The molecular formula is C23H25N5O2. The molecule has 0 amide bonds. The van der Waals surface area contributed by atoms with Gasteiger partial charge in [-0.3, -0.25) is 4.90 Å². The van der Waals surface area contributed by atoms with E-state index in [1.807, 2.05) is 55.6 Å². The van der Waals surface area contributed by atoms with Crippen molar-refractivity contribution >= 4 is 33.4 Å². The fourth-order valence-electron chi connectivity index (χ4n) is 3.27. The molecule has 0 unspecified atom stereocenters. The second kappa shape index (κ2) is 8.84. The standard InChI is InChI=1S/C23H25N5O2/c1-28(12-14-29-20-6-2-4-18-16(20)8-10-22(24)26-18)13-15-30-21-7-3-5-19-17(21)9-11-23(25)27-19/h2-11H,12-15H2,1H3,(H2,24,26)(H2,25,27). The molecule has 0 fully saturated rings. The molecule has 0 aliphatic carbocycles. The molecule has 0 atom stereocenters. The highest BCUT2D eigenvalue weighted by molar-refractivity contribution is 5.86. The van der Waals surface area contributed by atoms with E-state index in [1.165, 1.54) is 0 Å². The van der Waals surface area contributed by atoms with Crippen molar-refractivity contribution in [3.8, 4) is 11.5 Å². The number of benzene rings is 2. The molecule has 4 aromatic rings. The van der Waals surface area contributed by atoms with E-state index >= 15 is 0 Å². The van der Waals surface area contributed by atoms with E-state index < -0.39 is 0 Å². The fraction of sp³-hybridized carbons (Fsp3) is 0.217. The van der Waals surface area contributed by atoms with Crippen LogP contribution in [0.25, 0.3) is 21.8 Å². The zero-order valence-electron chi connectivity index (χ0n) is 16.9. The third-order valence-electron chi connectivity index (χ3n) is 4.89. The summed E-state index contributed by atoms with van der Waals surface area (Å²) in [6, 6.07) is 19.1. The summed E-state index contributed by atoms with van der Waals surface area (Å²) in [5.74, 6) is 2.63. The maximum Gasteiger partial charge on any atom is 0.128 e. The molecule has 0 radical (unpaired) electrons. The first kappa shape index (κ1) is 19.7. The largest absolute Gasteiger partial charge is 0.492 e. The molecule has 0 bridgehead atoms. The normalized spacial score (nSPS) is 11.3. The van der Waals surface area contributed by atoms with Crippen LogP contribution in [-0.2, 0) is 0 Å². The SMILES string of the molecule is CN(CCOc1cccc2nc(N)ccc12)CCOc1cccc2nc(N)ccc12. The highest BCUT2D eigenvalue weighted by Crippen LogP contribution is 2.26. The lowest BCUT2D eigenvalue weighted by Gasteiger charge is -2.18. The number of rotatable bonds is 8. The molecule has 2 aromatic carbocycles. The minimum atomic E-state index is 0.504. The summed E-state index contributed by atoms with van der Waals surface area (Å²) in [7, 11) is 2.05. The molecule has 0 saturated carbocycles. The molecule has 7 nitrogen and oxygen atoms in total. The highest BCUT2D eigenvalue weighted by atomic mass is 16.5. The zero-order valence-corrected chi connectivity index (χ0v) is 16.9. The first-order valence-electron chi connectivity index (χ1n) is 9.85. The Balaban J connectivity index is 1.28. The van der Waals surface area contributed by atoms with Crippen LogP contribution >= 0.6 is 0 Å². The van der Waals surface area contributed by atoms with Gasteiger partial charge in [0.1, 0.15) is 36.3 Å². The van der Waals surface area contributed by atoms with Crippen LogP contribution in [-0.4, -0.2) is 48.2 Å². The predicted octanol–water partition coefficient (Wildman–Crippen LogP) is 3.34. The van der Waals surface area contributed by atoms with Crippen LogP contribution in [0.4, 0.5) is 11.6 Å². The van der Waals surface area contributed by atoms with Gasteiger partial charge in [-0.15, -0.1) is 0 Å². The molecule has 154 valence electrons. The van der Waals surface area contributed by atoms with Crippen LogP contribution in [0.1, 0.15) is 0 Å². The summed E-state index contributed by atoms with van der Waals surface area (Å²) in [4.78, 5) is 10.8. The van der Waals surface area contributed by atoms with Crippen molar-refractivity contribution in [2.24, 2.45) is 0 Å². The summed E-state index contributed by atoms with van der Waals surface area (Å²) >= 11 is 0. The number of hydrogen-bond acceptors (Lipinski definition) is 7. The van der Waals surface area contributed by atoms with Gasteiger partial charge in [0.05, 0.1) is 11.0 Å². The highest BCUT2D eigenvalue weighted by Gasteiger charge is 2.07. The maximum absolute atomic E-state index is 5.98. The molecule has 7 heteroatoms. The molecule has 2 aromatic heterocycles. The van der Waals surface area contributed by atoms with Gasteiger partial charge in [0.15, 0.2) is 0 Å². The summed E-state index contributed by atoms with van der Waals surface area (Å²) in [6.07, 6.45) is 0. The van der Waals surface area contributed by atoms with Crippen LogP contribution < -0.4 is 20.9 Å². The van der Waals surface area contributed by atoms with Gasteiger partial charge in [-0.25, -0.2) is 9.97 Å². The average molecular weight is 403 g/mol. The van der Waals surface area contributed by atoms with Gasteiger partial charge in [-0.2, -0.15) is 0 Å². The Morgan fingerprint density at radius 2 is 1.17 bits per heavy atom. The number of anilines is 2. The second-order valence-electron chi connectivity index (χ2n) is 7.12. The Morgan fingerprint density at radius 1 is 0.700 bits per heavy atom. The number of aromatic nitrogens is 2. The number of likely N-dealkylation sites (N-methyl/N-ethyl adjacent to an activating group) is 1. The van der Waals surface area contributed by atoms with Crippen molar-refractivity contribution in [3.63, 3.8) is 0 Å². The lowest BCUT2D eigenvalue weighted by atomic mass is 10.2. The predicted molar refractivity (Wildman–Crippen MR) is 121 cm³/mol. The minimum absolute atomic E-state index is 0.504. The van der Waals surface area contributed by atoms with Crippen LogP contribution in [0.3, 0.4) is 0 Å². The van der Waals surface area contributed by atoms with Crippen LogP contribution in [0.2, 0.25) is 0 Å². The number of hydrogen-bond donors (Lipinski definition) is 2. The van der Waals surface area contributed by atoms with Gasteiger partial charge in [0.25, 0.3) is 0 Å². The van der Waals surface area contributed by atoms with Crippen molar-refractivity contribution in [1.82, 2.24) is 14.9 Å². The fourth-order valence-corrected chi connectivity index (χ4v) is 3.27. The van der Waals surface area contributed by atoms with E-state index in [1.54, 1.807) is 12.1 Å². The summed E-state index contributed by atoms with van der Waals surface area (Å²) in [5, 5.41) is 1.92. The van der Waals surface area contributed by atoms with Crippen molar-refractivity contribution in [3.05, 3.63) is 60.7 Å². The Bertz CT molecular complexity index is 1070. The number of pyridine rings is 2. The van der Waals surface area contributed by atoms with Crippen molar-refractivity contribution in [2.45, 2.75) is 0 Å². The maximum atomic E-state index is 5.98. The van der Waals surface area contributed by atoms with Gasteiger partial charge >= 0.3 is 0 Å². The molecule has 2 heterocycles. The first-order valence-corrected chi connectivity index (χ1v) is 9.85. The molecule has 0 spiro atoms. The molecule has 30 heavy (non-hydrogen) atoms. The summed E-state index contributed by atoms with van der Waals surface area (Å²) < 4.78 is 12.0. The number of nitrogen functional groups attached to an aromatic ring is 2. The minimum Gasteiger partial charge on any atom is -0.492 e. The third kappa shape index (κ3) is 4.52. The van der Waals surface area contributed by atoms with E-state index in [-0.39, 0.29) is 0 Å². The van der Waals surface area contributed by atoms with Crippen LogP contribution in [0, 0.1) is 0 Å². The summed E-state index contributed by atoms with van der Waals surface area (Å²) in [5.41, 5.74) is 13.2. The zero-order chi connectivity index (χ0) is 20.9. The van der Waals surface area contributed by atoms with E-state index in [2.05, 4.69) is 14.9 Å². The van der Waals surface area contributed by atoms with Gasteiger partial charge in [-0.05, 0) is 55.6 Å². The van der Waals surface area contributed by atoms with Crippen molar-refractivity contribution in [1.29, 1.82) is 0 Å². The van der Waals surface area contributed by atoms with E-state index in [0.717, 1.165) is 46.4 Å². The quantitative estimate of drug-likeness (QED) is 0.465. The Hall–Kier alpha value is -3.58. The second-order valence-corrected chi connectivity index (χ2v) is 7.12. The molecule has 0 saturated heterocycles. The van der Waals surface area contributed by atoms with Gasteiger partial charge < -0.3 is 20.9 Å². The smallest absolute Gasteiger partial charge is 0.128 e. The number of nitrogens with two attached hydrogens (primary N) is 2. The lowest BCUT2D eigenvalue weighted by Crippen LogP contribution is -2.28. The van der Waals surface area contributed by atoms with Crippen molar-refractivity contribution in [2.75, 3.05) is 44.8 Å². The Labute approximate surface area is 175 Å². The lowest BCUT2D eigenvalue weighted by molar-refractivity contribution is 0.204. The van der Waals surface area contributed by atoms with Crippen LogP contribution in [0.5, 0.6) is 11.5 Å². The average Bonchev–Trinajstić information content (AvgIpc) is 2.73. The first-order chi connectivity index (χ1) is 14.6. The number of nitrogens with zero attached hydrogens (tertiary/aromatic N) is 3. The summed E-state index contributed by atoms with van der Waals surface area (Å²) in [6.45, 7) is 2.68. The number of ether oxygens (including phenoxy) is 2.